The summed E-state index contributed by atoms with van der Waals surface area (Å²) >= 11 is 0. The summed E-state index contributed by atoms with van der Waals surface area (Å²) in [5, 5.41) is 3.13. The van der Waals surface area contributed by atoms with E-state index in [1.165, 1.54) is 5.56 Å². The largest absolute Gasteiger partial charge is 0.492 e. The lowest BCUT2D eigenvalue weighted by atomic mass is 10.1. The molecule has 2 aliphatic rings. The van der Waals surface area contributed by atoms with Crippen LogP contribution < -0.4 is 10.1 Å². The Bertz CT molecular complexity index is 824. The molecule has 0 aromatic heterocycles. The molecule has 6 heteroatoms. The highest BCUT2D eigenvalue weighted by atomic mass is 16.5. The van der Waals surface area contributed by atoms with Gasteiger partial charge in [0.1, 0.15) is 12.4 Å². The summed E-state index contributed by atoms with van der Waals surface area (Å²) in [6.07, 6.45) is 1.99. The van der Waals surface area contributed by atoms with Crippen LogP contribution in [0.1, 0.15) is 24.0 Å². The van der Waals surface area contributed by atoms with E-state index in [4.69, 9.17) is 9.47 Å². The van der Waals surface area contributed by atoms with E-state index in [1.807, 2.05) is 30.3 Å². The predicted octanol–water partition coefficient (Wildman–Crippen LogP) is 2.68. The minimum atomic E-state index is -0.0480. The standard InChI is InChI=1S/C25H33N3O3/c29-25(24-10-5-11-28(24)20-21-6-2-1-3-7-21)26-19-22-8-4-9-23(18-22)31-17-14-27-12-15-30-16-13-27/h1-4,6-9,18,24H,5,10-17,19-20H2,(H,26,29). The lowest BCUT2D eigenvalue weighted by Gasteiger charge is -2.26. The Hall–Kier alpha value is -2.41. The van der Waals surface area contributed by atoms with Crippen molar-refractivity contribution in [3.63, 3.8) is 0 Å². The van der Waals surface area contributed by atoms with Crippen molar-refractivity contribution < 1.29 is 14.3 Å². The second kappa shape index (κ2) is 11.3. The molecule has 2 aliphatic heterocycles. The lowest BCUT2D eigenvalue weighted by molar-refractivity contribution is -0.125. The van der Waals surface area contributed by atoms with Crippen LogP contribution in [0.15, 0.2) is 54.6 Å². The maximum absolute atomic E-state index is 12.9. The molecule has 0 bridgehead atoms. The van der Waals surface area contributed by atoms with Crippen molar-refractivity contribution in [3.8, 4) is 5.75 Å². The number of ether oxygens (including phenoxy) is 2. The molecule has 31 heavy (non-hydrogen) atoms. The van der Waals surface area contributed by atoms with E-state index in [2.05, 4.69) is 39.4 Å². The van der Waals surface area contributed by atoms with Crippen molar-refractivity contribution in [2.24, 2.45) is 0 Å². The van der Waals surface area contributed by atoms with E-state index in [1.54, 1.807) is 0 Å². The number of rotatable bonds is 9. The van der Waals surface area contributed by atoms with E-state index in [0.717, 1.165) is 70.1 Å². The molecule has 0 spiro atoms. The van der Waals surface area contributed by atoms with Crippen molar-refractivity contribution in [3.05, 3.63) is 65.7 Å². The fourth-order valence-corrected chi connectivity index (χ4v) is 4.30. The van der Waals surface area contributed by atoms with Crippen LogP contribution in [0.25, 0.3) is 0 Å². The van der Waals surface area contributed by atoms with Gasteiger partial charge < -0.3 is 14.8 Å². The van der Waals surface area contributed by atoms with Crippen LogP contribution in [0.3, 0.4) is 0 Å². The summed E-state index contributed by atoms with van der Waals surface area (Å²) in [4.78, 5) is 17.5. The smallest absolute Gasteiger partial charge is 0.237 e. The molecule has 1 atom stereocenters. The van der Waals surface area contributed by atoms with E-state index in [-0.39, 0.29) is 11.9 Å². The maximum atomic E-state index is 12.9. The number of carbonyl (C=O) groups excluding carboxylic acids is 1. The summed E-state index contributed by atoms with van der Waals surface area (Å²) < 4.78 is 11.3. The van der Waals surface area contributed by atoms with Crippen molar-refractivity contribution >= 4 is 5.91 Å². The zero-order valence-corrected chi connectivity index (χ0v) is 18.2. The number of nitrogens with one attached hydrogen (secondary N) is 1. The van der Waals surface area contributed by atoms with Gasteiger partial charge in [0.25, 0.3) is 0 Å². The van der Waals surface area contributed by atoms with Crippen LogP contribution >= 0.6 is 0 Å². The Labute approximate surface area is 185 Å². The van der Waals surface area contributed by atoms with Gasteiger partial charge in [-0.25, -0.2) is 0 Å². The second-order valence-corrected chi connectivity index (χ2v) is 8.28. The number of benzene rings is 2. The average molecular weight is 424 g/mol. The molecule has 0 aliphatic carbocycles. The highest BCUT2D eigenvalue weighted by Gasteiger charge is 2.30. The summed E-state index contributed by atoms with van der Waals surface area (Å²) in [5.41, 5.74) is 2.31. The maximum Gasteiger partial charge on any atom is 0.237 e. The zero-order valence-electron chi connectivity index (χ0n) is 18.2. The molecule has 166 valence electrons. The Morgan fingerprint density at radius 3 is 2.68 bits per heavy atom. The minimum Gasteiger partial charge on any atom is -0.492 e. The van der Waals surface area contributed by atoms with Crippen LogP contribution in [0, 0.1) is 0 Å². The van der Waals surface area contributed by atoms with Crippen molar-refractivity contribution in [1.82, 2.24) is 15.1 Å². The third-order valence-electron chi connectivity index (χ3n) is 6.04. The molecule has 6 nitrogen and oxygen atoms in total. The molecule has 1 unspecified atom stereocenters. The summed E-state index contributed by atoms with van der Waals surface area (Å²) in [7, 11) is 0. The Balaban J connectivity index is 1.23. The summed E-state index contributed by atoms with van der Waals surface area (Å²) in [6.45, 7) is 7.43. The van der Waals surface area contributed by atoms with E-state index < -0.39 is 0 Å². The van der Waals surface area contributed by atoms with Crippen LogP contribution in [0.4, 0.5) is 0 Å². The molecule has 2 fully saturated rings. The SMILES string of the molecule is O=C(NCc1cccc(OCCN2CCOCC2)c1)C1CCCN1Cc1ccccc1. The van der Waals surface area contributed by atoms with Crippen LogP contribution in [0.2, 0.25) is 0 Å². The molecule has 2 aromatic carbocycles. The van der Waals surface area contributed by atoms with Gasteiger partial charge in [-0.05, 0) is 42.6 Å². The molecule has 0 radical (unpaired) electrons. The van der Waals surface area contributed by atoms with Gasteiger partial charge in [-0.1, -0.05) is 42.5 Å². The highest BCUT2D eigenvalue weighted by molar-refractivity contribution is 5.82. The number of nitrogens with zero attached hydrogens (tertiary/aromatic N) is 2. The van der Waals surface area contributed by atoms with Gasteiger partial charge in [0.2, 0.25) is 5.91 Å². The quantitative estimate of drug-likeness (QED) is 0.672. The van der Waals surface area contributed by atoms with Gasteiger partial charge in [0.15, 0.2) is 0 Å². The second-order valence-electron chi connectivity index (χ2n) is 8.28. The first-order valence-corrected chi connectivity index (χ1v) is 11.4. The minimum absolute atomic E-state index is 0.0480. The third-order valence-corrected chi connectivity index (χ3v) is 6.04. The first-order valence-electron chi connectivity index (χ1n) is 11.4. The Kier molecular flexibility index (Phi) is 7.93. The first-order chi connectivity index (χ1) is 15.3. The number of morpholine rings is 1. The van der Waals surface area contributed by atoms with Gasteiger partial charge in [-0.15, -0.1) is 0 Å². The lowest BCUT2D eigenvalue weighted by Crippen LogP contribution is -2.42. The number of likely N-dealkylation sites (tertiary alicyclic amines) is 1. The zero-order chi connectivity index (χ0) is 21.3. The number of carbonyl (C=O) groups is 1. The Morgan fingerprint density at radius 2 is 1.84 bits per heavy atom. The van der Waals surface area contributed by atoms with E-state index in [9.17, 15) is 4.79 Å². The molecule has 4 rings (SSSR count). The monoisotopic (exact) mass is 423 g/mol. The number of amides is 1. The topological polar surface area (TPSA) is 54.0 Å². The summed E-state index contributed by atoms with van der Waals surface area (Å²) in [6, 6.07) is 18.3. The number of hydrogen-bond donors (Lipinski definition) is 1. The van der Waals surface area contributed by atoms with Gasteiger partial charge >= 0.3 is 0 Å². The molecule has 0 saturated carbocycles. The van der Waals surface area contributed by atoms with Crippen molar-refractivity contribution in [2.45, 2.75) is 32.0 Å². The van der Waals surface area contributed by atoms with Crippen molar-refractivity contribution in [1.29, 1.82) is 0 Å². The average Bonchev–Trinajstić information content (AvgIpc) is 3.27. The summed E-state index contributed by atoms with van der Waals surface area (Å²) in [5.74, 6) is 0.971. The molecule has 2 heterocycles. The predicted molar refractivity (Wildman–Crippen MR) is 121 cm³/mol. The van der Waals surface area contributed by atoms with Gasteiger partial charge in [0.05, 0.1) is 19.3 Å². The third kappa shape index (κ3) is 6.53. The fraction of sp³-hybridized carbons (Fsp3) is 0.480. The van der Waals surface area contributed by atoms with E-state index >= 15 is 0 Å². The molecule has 2 saturated heterocycles. The van der Waals surface area contributed by atoms with Gasteiger partial charge in [-0.2, -0.15) is 0 Å². The normalized spacial score (nSPS) is 19.9. The van der Waals surface area contributed by atoms with E-state index in [0.29, 0.717) is 13.2 Å². The molecule has 1 N–H and O–H groups in total. The molecule has 2 aromatic rings. The van der Waals surface area contributed by atoms with Crippen molar-refractivity contribution in [2.75, 3.05) is 46.0 Å². The highest BCUT2D eigenvalue weighted by Crippen LogP contribution is 2.20. The number of hydrogen-bond acceptors (Lipinski definition) is 5. The van der Waals surface area contributed by atoms with Gasteiger partial charge in [-0.3, -0.25) is 14.6 Å². The fourth-order valence-electron chi connectivity index (χ4n) is 4.30. The van der Waals surface area contributed by atoms with Gasteiger partial charge in [0, 0.05) is 32.7 Å². The molecule has 1 amide bonds. The van der Waals surface area contributed by atoms with Crippen LogP contribution in [-0.4, -0.2) is 67.7 Å². The first kappa shape index (κ1) is 21.8. The Morgan fingerprint density at radius 1 is 1.03 bits per heavy atom. The molecular formula is C25H33N3O3. The van der Waals surface area contributed by atoms with Crippen LogP contribution in [0.5, 0.6) is 5.75 Å². The molecular weight excluding hydrogens is 390 g/mol. The van der Waals surface area contributed by atoms with Crippen LogP contribution in [-0.2, 0) is 22.6 Å².